The molecule has 0 aliphatic heterocycles. The molecule has 0 bridgehead atoms. The highest BCUT2D eigenvalue weighted by molar-refractivity contribution is 14.1. The molecule has 3 aromatic rings. The summed E-state index contributed by atoms with van der Waals surface area (Å²) in [7, 11) is 0. The molecule has 146 valence electrons. The molecule has 0 atom stereocenters. The maximum absolute atomic E-state index is 13.2. The van der Waals surface area contributed by atoms with Crippen LogP contribution in [0.5, 0.6) is 0 Å². The normalized spacial score (nSPS) is 11.4. The molecule has 6 nitrogen and oxygen atoms in total. The van der Waals surface area contributed by atoms with Gasteiger partial charge in [-0.25, -0.2) is 10.4 Å². The standard InChI is InChI=1S/C19H11F3IN5O/c20-19(21,22)14-7-4-8-15(23)13(14)10-25-28-18-26-16(11-5-2-1-3-6-11)12(9-24)17(29)27-18/h1-8,10H,(H2,26,27,28,29). The van der Waals surface area contributed by atoms with Crippen LogP contribution in [0.2, 0.25) is 0 Å². The minimum atomic E-state index is -4.54. The fourth-order valence-corrected chi connectivity index (χ4v) is 3.15. The predicted octanol–water partition coefficient (Wildman–Crippen LogP) is 4.38. The fraction of sp³-hybridized carbons (Fsp3) is 0.0526. The van der Waals surface area contributed by atoms with Gasteiger partial charge in [-0.2, -0.15) is 23.5 Å². The van der Waals surface area contributed by atoms with Crippen LogP contribution in [-0.2, 0) is 6.18 Å². The highest BCUT2D eigenvalue weighted by atomic mass is 127. The van der Waals surface area contributed by atoms with Crippen LogP contribution in [-0.4, -0.2) is 16.2 Å². The molecule has 0 spiro atoms. The van der Waals surface area contributed by atoms with Gasteiger partial charge in [-0.3, -0.25) is 9.78 Å². The Labute approximate surface area is 176 Å². The molecule has 2 aromatic carbocycles. The molecule has 0 aliphatic rings. The summed E-state index contributed by atoms with van der Waals surface area (Å²) >= 11 is 1.78. The minimum absolute atomic E-state index is 0.108. The first-order chi connectivity index (χ1) is 13.8. The second-order valence-corrected chi connectivity index (χ2v) is 6.85. The number of aromatic nitrogens is 2. The number of hydrogen-bond acceptors (Lipinski definition) is 5. The van der Waals surface area contributed by atoms with Gasteiger partial charge in [0.25, 0.3) is 5.56 Å². The molecule has 29 heavy (non-hydrogen) atoms. The summed E-state index contributed by atoms with van der Waals surface area (Å²) in [5.41, 5.74) is 1.28. The predicted molar refractivity (Wildman–Crippen MR) is 110 cm³/mol. The first-order valence-corrected chi connectivity index (χ1v) is 9.13. The molecule has 3 rings (SSSR count). The van der Waals surface area contributed by atoms with Crippen molar-refractivity contribution >= 4 is 34.8 Å². The Balaban J connectivity index is 1.97. The number of nitrogens with zero attached hydrogens (tertiary/aromatic N) is 3. The maximum Gasteiger partial charge on any atom is 0.417 e. The van der Waals surface area contributed by atoms with Crippen LogP contribution in [0.15, 0.2) is 58.4 Å². The average Bonchev–Trinajstić information content (AvgIpc) is 2.68. The largest absolute Gasteiger partial charge is 0.417 e. The van der Waals surface area contributed by atoms with Crippen molar-refractivity contribution in [1.29, 1.82) is 5.26 Å². The molecule has 0 aliphatic carbocycles. The van der Waals surface area contributed by atoms with Gasteiger partial charge in [-0.05, 0) is 34.7 Å². The molecule has 1 aromatic heterocycles. The molecular formula is C19H11F3IN5O. The van der Waals surface area contributed by atoms with E-state index in [2.05, 4.69) is 20.5 Å². The summed E-state index contributed by atoms with van der Waals surface area (Å²) in [4.78, 5) is 18.7. The summed E-state index contributed by atoms with van der Waals surface area (Å²) in [6.07, 6.45) is -3.53. The van der Waals surface area contributed by atoms with E-state index in [0.717, 1.165) is 12.3 Å². The van der Waals surface area contributed by atoms with Crippen molar-refractivity contribution in [3.63, 3.8) is 0 Å². The fourth-order valence-electron chi connectivity index (χ4n) is 2.51. The number of benzene rings is 2. The van der Waals surface area contributed by atoms with Crippen molar-refractivity contribution in [2.24, 2.45) is 5.10 Å². The van der Waals surface area contributed by atoms with Gasteiger partial charge < -0.3 is 0 Å². The zero-order valence-electron chi connectivity index (χ0n) is 14.5. The smallest absolute Gasteiger partial charge is 0.290 e. The van der Waals surface area contributed by atoms with Gasteiger partial charge in [0, 0.05) is 14.7 Å². The van der Waals surface area contributed by atoms with Gasteiger partial charge in [-0.1, -0.05) is 36.4 Å². The Hall–Kier alpha value is -3.20. The summed E-state index contributed by atoms with van der Waals surface area (Å²) in [5.74, 6) is -0.108. The highest BCUT2D eigenvalue weighted by Gasteiger charge is 2.33. The number of H-pyrrole nitrogens is 1. The number of aromatic amines is 1. The average molecular weight is 509 g/mol. The molecular weight excluding hydrogens is 498 g/mol. The molecule has 0 saturated carbocycles. The second kappa shape index (κ2) is 8.44. The van der Waals surface area contributed by atoms with Gasteiger partial charge in [-0.15, -0.1) is 0 Å². The molecule has 0 fully saturated rings. The van der Waals surface area contributed by atoms with E-state index in [0.29, 0.717) is 9.13 Å². The highest BCUT2D eigenvalue weighted by Crippen LogP contribution is 2.33. The Morgan fingerprint density at radius 2 is 1.90 bits per heavy atom. The van der Waals surface area contributed by atoms with E-state index in [1.165, 1.54) is 12.1 Å². The Morgan fingerprint density at radius 3 is 2.55 bits per heavy atom. The van der Waals surface area contributed by atoms with Crippen LogP contribution in [0.3, 0.4) is 0 Å². The zero-order valence-corrected chi connectivity index (χ0v) is 16.6. The quantitative estimate of drug-likeness (QED) is 0.310. The number of hydrazone groups is 1. The number of halogens is 4. The molecule has 2 N–H and O–H groups in total. The minimum Gasteiger partial charge on any atom is -0.290 e. The van der Waals surface area contributed by atoms with E-state index < -0.39 is 17.3 Å². The number of nitriles is 1. The van der Waals surface area contributed by atoms with Gasteiger partial charge in [0.1, 0.15) is 11.6 Å². The van der Waals surface area contributed by atoms with Gasteiger partial charge >= 0.3 is 6.18 Å². The topological polar surface area (TPSA) is 93.9 Å². The Bertz CT molecular complexity index is 1170. The SMILES string of the molecule is N#Cc1c(-c2ccccc2)nc(NN=Cc2c(I)cccc2C(F)(F)F)[nH]c1=O. The molecule has 0 unspecified atom stereocenters. The van der Waals surface area contributed by atoms with E-state index >= 15 is 0 Å². The summed E-state index contributed by atoms with van der Waals surface area (Å²) in [6.45, 7) is 0. The second-order valence-electron chi connectivity index (χ2n) is 5.68. The number of anilines is 1. The molecule has 10 heteroatoms. The third kappa shape index (κ3) is 4.62. The van der Waals surface area contributed by atoms with Gasteiger partial charge in [0.15, 0.2) is 0 Å². The van der Waals surface area contributed by atoms with Crippen molar-refractivity contribution in [2.75, 3.05) is 5.43 Å². The number of alkyl halides is 3. The Kier molecular flexibility index (Phi) is 5.97. The first kappa shape index (κ1) is 20.5. The van der Waals surface area contributed by atoms with Crippen LogP contribution < -0.4 is 11.0 Å². The molecule has 0 amide bonds. The maximum atomic E-state index is 13.2. The van der Waals surface area contributed by atoms with Crippen molar-refractivity contribution in [3.8, 4) is 17.3 Å². The molecule has 0 saturated heterocycles. The van der Waals surface area contributed by atoms with Crippen LogP contribution in [0.25, 0.3) is 11.3 Å². The van der Waals surface area contributed by atoms with Crippen molar-refractivity contribution < 1.29 is 13.2 Å². The van der Waals surface area contributed by atoms with E-state index in [1.807, 2.05) is 0 Å². The first-order valence-electron chi connectivity index (χ1n) is 8.06. The lowest BCUT2D eigenvalue weighted by Crippen LogP contribution is -2.16. The number of hydrogen-bond donors (Lipinski definition) is 2. The van der Waals surface area contributed by atoms with Crippen molar-refractivity contribution in [3.05, 3.63) is 79.1 Å². The monoisotopic (exact) mass is 509 g/mol. The van der Waals surface area contributed by atoms with Crippen molar-refractivity contribution in [2.45, 2.75) is 6.18 Å². The third-order valence-electron chi connectivity index (χ3n) is 3.80. The van der Waals surface area contributed by atoms with E-state index in [4.69, 9.17) is 0 Å². The van der Waals surface area contributed by atoms with E-state index in [9.17, 15) is 23.2 Å². The van der Waals surface area contributed by atoms with E-state index in [-0.39, 0.29) is 22.8 Å². The van der Waals surface area contributed by atoms with Crippen LogP contribution in [0, 0.1) is 14.9 Å². The van der Waals surface area contributed by atoms with Crippen molar-refractivity contribution in [1.82, 2.24) is 9.97 Å². The van der Waals surface area contributed by atoms with Crippen LogP contribution in [0.1, 0.15) is 16.7 Å². The van der Waals surface area contributed by atoms with Gasteiger partial charge in [0.2, 0.25) is 5.95 Å². The molecule has 1 heterocycles. The number of nitrogens with one attached hydrogen (secondary N) is 2. The summed E-state index contributed by atoms with van der Waals surface area (Å²) < 4.78 is 39.9. The summed E-state index contributed by atoms with van der Waals surface area (Å²) in [5, 5.41) is 13.0. The Morgan fingerprint density at radius 1 is 1.17 bits per heavy atom. The zero-order chi connectivity index (χ0) is 21.0. The third-order valence-corrected chi connectivity index (χ3v) is 4.74. The summed E-state index contributed by atoms with van der Waals surface area (Å²) in [6, 6.07) is 14.2. The van der Waals surface area contributed by atoms with E-state index in [1.54, 1.807) is 59.0 Å². The van der Waals surface area contributed by atoms with Crippen LogP contribution >= 0.6 is 22.6 Å². The molecule has 0 radical (unpaired) electrons. The van der Waals surface area contributed by atoms with Crippen LogP contribution in [0.4, 0.5) is 19.1 Å². The number of rotatable bonds is 4. The lowest BCUT2D eigenvalue weighted by Gasteiger charge is -2.11. The van der Waals surface area contributed by atoms with Gasteiger partial charge in [0.05, 0.1) is 17.5 Å². The lowest BCUT2D eigenvalue weighted by molar-refractivity contribution is -0.137. The lowest BCUT2D eigenvalue weighted by atomic mass is 10.1.